The van der Waals surface area contributed by atoms with E-state index in [2.05, 4.69) is 210 Å². The van der Waals surface area contributed by atoms with E-state index in [-0.39, 0.29) is 34.0 Å². The molecule has 12 nitrogen and oxygen atoms in total. The van der Waals surface area contributed by atoms with Crippen molar-refractivity contribution >= 4 is 73.7 Å². The van der Waals surface area contributed by atoms with Crippen molar-refractivity contribution in [1.29, 1.82) is 0 Å². The lowest BCUT2D eigenvalue weighted by Crippen LogP contribution is -2.79. The summed E-state index contributed by atoms with van der Waals surface area (Å²) >= 11 is 4.60. The number of carbonyl (C=O) groups excluding carboxylic acids is 1. The van der Waals surface area contributed by atoms with Gasteiger partial charge in [0.2, 0.25) is 12.6 Å². The molecule has 0 aliphatic carbocycles. The molecule has 0 bridgehead atoms. The van der Waals surface area contributed by atoms with E-state index in [1.807, 2.05) is 12.1 Å². The van der Waals surface area contributed by atoms with Gasteiger partial charge in [-0.05, 0) is 67.4 Å². The van der Waals surface area contributed by atoms with Crippen LogP contribution in [0.25, 0.3) is 0 Å². The molecule has 0 saturated carbocycles. The SMILES string of the molecule is CC(C)(C)[Si](OC[C@@H]1CCN2CCCN(C[NH+]=C(O)c3cc(CS)cc(C(=O)NCN4CCC[N+]5=C4N[C@H](CO[Si](c4ccccc4)(c4ccccc4)C(C)(C)C)CC5)c3)C2=N1)(c1ccccc1)c1ccccc1. The highest BCUT2D eigenvalue weighted by molar-refractivity contribution is 7.79. The number of guanidine groups is 2. The number of amides is 1. The first-order chi connectivity index (χ1) is 35.7. The van der Waals surface area contributed by atoms with Gasteiger partial charge in [-0.1, -0.05) is 163 Å². The maximum absolute atomic E-state index is 14.1. The number of aliphatic imine (C=N–C) groups is 1. The molecule has 0 aromatic heterocycles. The summed E-state index contributed by atoms with van der Waals surface area (Å²) in [6.07, 6.45) is 3.85. The van der Waals surface area contributed by atoms with E-state index >= 15 is 0 Å². The molecule has 1 saturated heterocycles. The first-order valence-corrected chi connectivity index (χ1v) is 31.2. The molecule has 15 heteroatoms. The minimum absolute atomic E-state index is 0.00254. The summed E-state index contributed by atoms with van der Waals surface area (Å²) in [6.45, 7) is 21.0. The molecule has 4 heterocycles. The van der Waals surface area contributed by atoms with Crippen molar-refractivity contribution < 1.29 is 28.3 Å². The quantitative estimate of drug-likeness (QED) is 0.0295. The van der Waals surface area contributed by atoms with Crippen molar-refractivity contribution in [3.63, 3.8) is 0 Å². The number of thiol groups is 1. The molecule has 2 atom stereocenters. The lowest BCUT2D eigenvalue weighted by molar-refractivity contribution is -0.546. The van der Waals surface area contributed by atoms with E-state index in [4.69, 9.17) is 13.8 Å². The van der Waals surface area contributed by atoms with Crippen LogP contribution >= 0.6 is 12.6 Å². The Balaban J connectivity index is 0.861. The van der Waals surface area contributed by atoms with Crippen molar-refractivity contribution in [2.24, 2.45) is 4.99 Å². The molecule has 0 radical (unpaired) electrons. The molecule has 5 aromatic carbocycles. The monoisotopic (exact) mass is 1050 g/mol. The van der Waals surface area contributed by atoms with Crippen LogP contribution in [0.5, 0.6) is 0 Å². The van der Waals surface area contributed by atoms with Gasteiger partial charge in [-0.2, -0.15) is 17.6 Å². The number of rotatable bonds is 17. The number of hydrogen-bond donors (Lipinski definition) is 5. The van der Waals surface area contributed by atoms with E-state index in [0.29, 0.717) is 43.4 Å². The summed E-state index contributed by atoms with van der Waals surface area (Å²) in [6, 6.07) is 48.8. The fourth-order valence-electron chi connectivity index (χ4n) is 11.7. The van der Waals surface area contributed by atoms with Gasteiger partial charge in [-0.3, -0.25) is 19.6 Å². The summed E-state index contributed by atoms with van der Waals surface area (Å²) in [5.41, 5.74) is 1.84. The molecule has 9 rings (SSSR count). The summed E-state index contributed by atoms with van der Waals surface area (Å²) < 4.78 is 17.1. The van der Waals surface area contributed by atoms with Gasteiger partial charge >= 0.3 is 11.9 Å². The number of nitrogens with zero attached hydrogens (tertiary/aromatic N) is 5. The largest absolute Gasteiger partial charge is 0.460 e. The van der Waals surface area contributed by atoms with Crippen molar-refractivity contribution in [3.05, 3.63) is 156 Å². The second kappa shape index (κ2) is 23.0. The lowest BCUT2D eigenvalue weighted by atomic mass is 10.1. The highest BCUT2D eigenvalue weighted by Gasteiger charge is 2.52. The zero-order valence-electron chi connectivity index (χ0n) is 44.4. The molecule has 4 N–H and O–H groups in total. The molecular weight excluding hydrogens is 973 g/mol. The molecule has 4 aliphatic heterocycles. The Morgan fingerprint density at radius 2 is 1.26 bits per heavy atom. The molecule has 5 aromatic rings. The first-order valence-electron chi connectivity index (χ1n) is 26.7. The van der Waals surface area contributed by atoms with Crippen LogP contribution in [0.2, 0.25) is 10.1 Å². The molecule has 390 valence electrons. The zero-order valence-corrected chi connectivity index (χ0v) is 47.3. The summed E-state index contributed by atoms with van der Waals surface area (Å²) in [5.74, 6) is 2.18. The third kappa shape index (κ3) is 11.3. The summed E-state index contributed by atoms with van der Waals surface area (Å²) in [4.78, 5) is 29.6. The number of aliphatic hydroxyl groups is 1. The number of nitrogens with one attached hydrogen (secondary N) is 3. The normalized spacial score (nSPS) is 18.8. The molecular formula is C59H78N8O4SSi2+2. The Hall–Kier alpha value is -5.72. The predicted molar refractivity (Wildman–Crippen MR) is 308 cm³/mol. The fraction of sp³-hybridized carbons (Fsp3) is 0.424. The third-order valence-corrected chi connectivity index (χ3v) is 25.8. The molecule has 74 heavy (non-hydrogen) atoms. The predicted octanol–water partition coefficient (Wildman–Crippen LogP) is 4.87. The molecule has 0 unspecified atom stereocenters. The Bertz CT molecular complexity index is 2710. The Morgan fingerprint density at radius 3 is 1.81 bits per heavy atom. The number of benzene rings is 5. The van der Waals surface area contributed by atoms with E-state index < -0.39 is 16.6 Å². The summed E-state index contributed by atoms with van der Waals surface area (Å²) in [5, 5.41) is 23.6. The van der Waals surface area contributed by atoms with Gasteiger partial charge in [-0.25, -0.2) is 9.89 Å². The molecule has 0 spiro atoms. The standard InChI is InChI=1S/C59H76N8O4SSi2/c1-58(2,3)73(50-21-11-7-12-22-50,51-23-13-8-14-24-51)70-40-48-29-35-64-31-19-33-66(56(64)62-48)43-60-54(68)46-37-45(42-72)38-47(39-46)55(69)61-44-67-34-20-32-65-36-30-49(63-57(65)67)41-71-74(59(4,5)6,52-25-15-9-16-26-52)53-27-17-10-18-28-53/h7-18,21-28,37-39,48-49H,19-20,29-36,40-44H2,1-6H3,(H3,60,61,68,69,72)/p+2/t48-,49-/m0/s1. The maximum atomic E-state index is 14.1. The van der Waals surface area contributed by atoms with Gasteiger partial charge in [0.05, 0.1) is 50.5 Å². The van der Waals surface area contributed by atoms with Crippen LogP contribution in [-0.4, -0.2) is 143 Å². The fourth-order valence-corrected chi connectivity index (χ4v) is 21.1. The van der Waals surface area contributed by atoms with Gasteiger partial charge < -0.3 is 24.2 Å². The Kier molecular flexibility index (Phi) is 16.5. The number of fused-ring (bicyclic) bond motifs is 1. The first kappa shape index (κ1) is 53.1. The van der Waals surface area contributed by atoms with E-state index in [9.17, 15) is 9.90 Å². The van der Waals surface area contributed by atoms with Gasteiger partial charge in [-0.15, -0.1) is 0 Å². The minimum Gasteiger partial charge on any atom is -0.460 e. The van der Waals surface area contributed by atoms with Gasteiger partial charge in [0, 0.05) is 43.8 Å². The topological polar surface area (TPSA) is 119 Å². The smallest absolute Gasteiger partial charge is 0.367 e. The van der Waals surface area contributed by atoms with E-state index in [0.717, 1.165) is 82.4 Å². The van der Waals surface area contributed by atoms with Gasteiger partial charge in [0.1, 0.15) is 6.67 Å². The zero-order chi connectivity index (χ0) is 51.9. The van der Waals surface area contributed by atoms with Crippen LogP contribution < -0.4 is 36.4 Å². The van der Waals surface area contributed by atoms with Crippen LogP contribution in [0.3, 0.4) is 0 Å². The number of aliphatic hydroxyl groups excluding tert-OH is 1. The number of hydrogen-bond acceptors (Lipinski definition) is 9. The van der Waals surface area contributed by atoms with Crippen molar-refractivity contribution in [2.45, 2.75) is 95.1 Å². The second-order valence-electron chi connectivity index (χ2n) is 22.4. The Labute approximate surface area is 447 Å². The van der Waals surface area contributed by atoms with Crippen LogP contribution in [0.15, 0.2) is 145 Å². The molecule has 1 fully saturated rings. The maximum Gasteiger partial charge on any atom is 0.367 e. The van der Waals surface area contributed by atoms with Crippen molar-refractivity contribution in [2.75, 3.05) is 65.8 Å². The third-order valence-electron chi connectivity index (χ3n) is 15.4. The molecule has 4 aliphatic rings. The van der Waals surface area contributed by atoms with Crippen molar-refractivity contribution in [1.82, 2.24) is 25.3 Å². The van der Waals surface area contributed by atoms with Crippen LogP contribution in [0.4, 0.5) is 0 Å². The van der Waals surface area contributed by atoms with Crippen LogP contribution in [0.1, 0.15) is 88.7 Å². The highest BCUT2D eigenvalue weighted by atomic mass is 32.1. The van der Waals surface area contributed by atoms with Crippen LogP contribution in [0, 0.1) is 0 Å². The number of carbonyl (C=O) groups is 1. The van der Waals surface area contributed by atoms with Gasteiger partial charge in [0.15, 0.2) is 0 Å². The van der Waals surface area contributed by atoms with E-state index in [1.54, 1.807) is 6.07 Å². The minimum atomic E-state index is -2.73. The average molecular weight is 1050 g/mol. The van der Waals surface area contributed by atoms with E-state index in [1.165, 1.54) is 20.7 Å². The second-order valence-corrected chi connectivity index (χ2v) is 31.3. The molecule has 1 amide bonds. The van der Waals surface area contributed by atoms with Crippen molar-refractivity contribution in [3.8, 4) is 0 Å². The highest BCUT2D eigenvalue weighted by Crippen LogP contribution is 2.38. The van der Waals surface area contributed by atoms with Gasteiger partial charge in [0.25, 0.3) is 22.5 Å². The Morgan fingerprint density at radius 1 is 0.716 bits per heavy atom. The van der Waals surface area contributed by atoms with Crippen LogP contribution in [-0.2, 0) is 14.6 Å². The lowest BCUT2D eigenvalue weighted by Gasteiger charge is -2.45. The average Bonchev–Trinajstić information content (AvgIpc) is 3.43. The summed E-state index contributed by atoms with van der Waals surface area (Å²) in [7, 11) is -5.44.